The van der Waals surface area contributed by atoms with Crippen LogP contribution in [0.4, 0.5) is 0 Å². The second-order valence-electron chi connectivity index (χ2n) is 5.63. The molecule has 1 heterocycles. The Bertz CT molecular complexity index is 439. The lowest BCUT2D eigenvalue weighted by Gasteiger charge is -2.26. The summed E-state index contributed by atoms with van der Waals surface area (Å²) in [5.41, 5.74) is 7.88. The summed E-state index contributed by atoms with van der Waals surface area (Å²) in [6, 6.07) is 4.01. The Kier molecular flexibility index (Phi) is 5.53. The fourth-order valence-corrected chi connectivity index (χ4v) is 2.93. The standard InChI is InChI=1S/C16H25N3O/c1-2-13-4-3-9-18-15(13)11-19-16(20)14-7-5-12(10-17)6-8-14/h3-4,9,12,14H,2,5-8,10-11,17H2,1H3,(H,19,20). The molecular weight excluding hydrogens is 250 g/mol. The molecule has 3 N–H and O–H groups in total. The summed E-state index contributed by atoms with van der Waals surface area (Å²) in [5.74, 6) is 0.946. The van der Waals surface area contributed by atoms with Crippen LogP contribution in [0.2, 0.25) is 0 Å². The average Bonchev–Trinajstić information content (AvgIpc) is 2.53. The smallest absolute Gasteiger partial charge is 0.223 e. The number of hydrogen-bond acceptors (Lipinski definition) is 3. The second kappa shape index (κ2) is 7.39. The van der Waals surface area contributed by atoms with Crippen LogP contribution in [0.1, 0.15) is 43.9 Å². The Hall–Kier alpha value is -1.42. The molecule has 1 aliphatic carbocycles. The summed E-state index contributed by atoms with van der Waals surface area (Å²) in [5, 5.41) is 3.04. The van der Waals surface area contributed by atoms with Gasteiger partial charge in [-0.2, -0.15) is 0 Å². The zero-order valence-electron chi connectivity index (χ0n) is 12.3. The van der Waals surface area contributed by atoms with Crippen molar-refractivity contribution >= 4 is 5.91 Å². The number of hydrogen-bond donors (Lipinski definition) is 2. The first-order chi connectivity index (χ1) is 9.74. The van der Waals surface area contributed by atoms with E-state index in [-0.39, 0.29) is 11.8 Å². The van der Waals surface area contributed by atoms with Crippen LogP contribution in [0, 0.1) is 11.8 Å². The van der Waals surface area contributed by atoms with Gasteiger partial charge < -0.3 is 11.1 Å². The molecule has 4 nitrogen and oxygen atoms in total. The van der Waals surface area contributed by atoms with Gasteiger partial charge in [0.1, 0.15) is 0 Å². The molecule has 0 atom stereocenters. The summed E-state index contributed by atoms with van der Waals surface area (Å²) < 4.78 is 0. The Morgan fingerprint density at radius 1 is 1.40 bits per heavy atom. The fraction of sp³-hybridized carbons (Fsp3) is 0.625. The molecule has 1 aromatic heterocycles. The van der Waals surface area contributed by atoms with Gasteiger partial charge in [-0.05, 0) is 56.2 Å². The van der Waals surface area contributed by atoms with Gasteiger partial charge in [-0.15, -0.1) is 0 Å². The van der Waals surface area contributed by atoms with Gasteiger partial charge in [0.25, 0.3) is 0 Å². The van der Waals surface area contributed by atoms with Crippen LogP contribution in [0.3, 0.4) is 0 Å². The number of carbonyl (C=O) groups excluding carboxylic acids is 1. The van der Waals surface area contributed by atoms with Crippen molar-refractivity contribution in [3.05, 3.63) is 29.6 Å². The minimum Gasteiger partial charge on any atom is -0.350 e. The minimum absolute atomic E-state index is 0.159. The van der Waals surface area contributed by atoms with Crippen LogP contribution >= 0.6 is 0 Å². The zero-order valence-corrected chi connectivity index (χ0v) is 12.3. The van der Waals surface area contributed by atoms with E-state index < -0.39 is 0 Å². The van der Waals surface area contributed by atoms with Crippen LogP contribution in [0.25, 0.3) is 0 Å². The Morgan fingerprint density at radius 3 is 2.80 bits per heavy atom. The third kappa shape index (κ3) is 3.79. The van der Waals surface area contributed by atoms with Gasteiger partial charge in [0.05, 0.1) is 12.2 Å². The van der Waals surface area contributed by atoms with E-state index in [9.17, 15) is 4.79 Å². The van der Waals surface area contributed by atoms with Gasteiger partial charge in [0.15, 0.2) is 0 Å². The Labute approximate surface area is 121 Å². The van der Waals surface area contributed by atoms with Crippen LogP contribution in [-0.2, 0) is 17.8 Å². The molecule has 20 heavy (non-hydrogen) atoms. The molecule has 1 amide bonds. The molecule has 0 bridgehead atoms. The van der Waals surface area contributed by atoms with Crippen molar-refractivity contribution in [1.29, 1.82) is 0 Å². The number of nitrogens with two attached hydrogens (primary N) is 1. The molecule has 110 valence electrons. The largest absolute Gasteiger partial charge is 0.350 e. The first-order valence-corrected chi connectivity index (χ1v) is 7.65. The monoisotopic (exact) mass is 275 g/mol. The van der Waals surface area contributed by atoms with E-state index in [2.05, 4.69) is 23.3 Å². The van der Waals surface area contributed by atoms with Crippen molar-refractivity contribution in [2.45, 2.75) is 45.6 Å². The molecule has 0 aromatic carbocycles. The molecule has 0 saturated heterocycles. The van der Waals surface area contributed by atoms with E-state index in [4.69, 9.17) is 5.73 Å². The highest BCUT2D eigenvalue weighted by atomic mass is 16.1. The van der Waals surface area contributed by atoms with Crippen molar-refractivity contribution in [2.75, 3.05) is 6.54 Å². The third-order valence-corrected chi connectivity index (χ3v) is 4.35. The molecule has 1 saturated carbocycles. The van der Waals surface area contributed by atoms with Crippen molar-refractivity contribution in [3.8, 4) is 0 Å². The van der Waals surface area contributed by atoms with E-state index in [1.807, 2.05) is 6.07 Å². The summed E-state index contributed by atoms with van der Waals surface area (Å²) in [7, 11) is 0. The molecular formula is C16H25N3O. The maximum atomic E-state index is 12.2. The molecule has 4 heteroatoms. The summed E-state index contributed by atoms with van der Waals surface area (Å²) >= 11 is 0. The van der Waals surface area contributed by atoms with Crippen molar-refractivity contribution in [1.82, 2.24) is 10.3 Å². The summed E-state index contributed by atoms with van der Waals surface area (Å²) in [6.07, 6.45) is 6.83. The predicted molar refractivity (Wildman–Crippen MR) is 80.0 cm³/mol. The highest BCUT2D eigenvalue weighted by molar-refractivity contribution is 5.78. The van der Waals surface area contributed by atoms with E-state index in [0.717, 1.165) is 44.3 Å². The van der Waals surface area contributed by atoms with Gasteiger partial charge in [-0.1, -0.05) is 13.0 Å². The zero-order chi connectivity index (χ0) is 14.4. The number of carbonyl (C=O) groups is 1. The number of rotatable bonds is 5. The average molecular weight is 275 g/mol. The minimum atomic E-state index is 0.159. The molecule has 0 radical (unpaired) electrons. The van der Waals surface area contributed by atoms with Gasteiger partial charge in [-0.25, -0.2) is 0 Å². The maximum Gasteiger partial charge on any atom is 0.223 e. The van der Waals surface area contributed by atoms with Crippen molar-refractivity contribution < 1.29 is 4.79 Å². The van der Waals surface area contributed by atoms with Crippen molar-refractivity contribution in [2.24, 2.45) is 17.6 Å². The van der Waals surface area contributed by atoms with Crippen LogP contribution in [0.5, 0.6) is 0 Å². The molecule has 1 aromatic rings. The molecule has 0 aliphatic heterocycles. The van der Waals surface area contributed by atoms with Crippen LogP contribution in [0.15, 0.2) is 18.3 Å². The highest BCUT2D eigenvalue weighted by Crippen LogP contribution is 2.28. The van der Waals surface area contributed by atoms with Gasteiger partial charge in [0, 0.05) is 12.1 Å². The quantitative estimate of drug-likeness (QED) is 0.864. The Morgan fingerprint density at radius 2 is 2.15 bits per heavy atom. The molecule has 0 unspecified atom stereocenters. The second-order valence-corrected chi connectivity index (χ2v) is 5.63. The fourth-order valence-electron chi connectivity index (χ4n) is 2.93. The van der Waals surface area contributed by atoms with E-state index in [1.54, 1.807) is 6.20 Å². The molecule has 2 rings (SSSR count). The number of nitrogens with one attached hydrogen (secondary N) is 1. The third-order valence-electron chi connectivity index (χ3n) is 4.35. The number of aryl methyl sites for hydroxylation is 1. The maximum absolute atomic E-state index is 12.2. The Balaban J connectivity index is 1.83. The number of amides is 1. The molecule has 1 fully saturated rings. The van der Waals surface area contributed by atoms with Gasteiger partial charge in [-0.3, -0.25) is 9.78 Å². The predicted octanol–water partition coefficient (Wildman–Crippen LogP) is 2.03. The number of pyridine rings is 1. The van der Waals surface area contributed by atoms with Crippen LogP contribution in [-0.4, -0.2) is 17.4 Å². The van der Waals surface area contributed by atoms with E-state index in [1.165, 1.54) is 5.56 Å². The van der Waals surface area contributed by atoms with Gasteiger partial charge in [0.2, 0.25) is 5.91 Å². The lowest BCUT2D eigenvalue weighted by Crippen LogP contribution is -2.34. The first kappa shape index (κ1) is 15.0. The van der Waals surface area contributed by atoms with E-state index in [0.29, 0.717) is 12.5 Å². The SMILES string of the molecule is CCc1cccnc1CNC(=O)C1CCC(CN)CC1. The topological polar surface area (TPSA) is 68.0 Å². The summed E-state index contributed by atoms with van der Waals surface area (Å²) in [6.45, 7) is 3.40. The summed E-state index contributed by atoms with van der Waals surface area (Å²) in [4.78, 5) is 16.6. The van der Waals surface area contributed by atoms with E-state index >= 15 is 0 Å². The molecule has 0 spiro atoms. The van der Waals surface area contributed by atoms with Crippen molar-refractivity contribution in [3.63, 3.8) is 0 Å². The van der Waals surface area contributed by atoms with Gasteiger partial charge >= 0.3 is 0 Å². The molecule has 1 aliphatic rings. The van der Waals surface area contributed by atoms with Crippen LogP contribution < -0.4 is 11.1 Å². The lowest BCUT2D eigenvalue weighted by atomic mass is 9.81. The first-order valence-electron chi connectivity index (χ1n) is 7.65. The normalized spacial score (nSPS) is 22.5. The number of aromatic nitrogens is 1. The lowest BCUT2D eigenvalue weighted by molar-refractivity contribution is -0.126. The highest BCUT2D eigenvalue weighted by Gasteiger charge is 2.25. The number of nitrogens with zero attached hydrogens (tertiary/aromatic N) is 1.